The van der Waals surface area contributed by atoms with E-state index in [1.165, 1.54) is 6.07 Å². The zero-order valence-electron chi connectivity index (χ0n) is 12.5. The first-order valence-electron chi connectivity index (χ1n) is 6.88. The van der Waals surface area contributed by atoms with Crippen molar-refractivity contribution in [3.05, 3.63) is 28.2 Å². The molecule has 0 aliphatic heterocycles. The molecule has 1 amide bonds. The van der Waals surface area contributed by atoms with E-state index in [9.17, 15) is 9.59 Å². The Hall–Kier alpha value is -1.46. The van der Waals surface area contributed by atoms with Gasteiger partial charge in [-0.3, -0.25) is 4.79 Å². The number of carbonyl (C=O) groups excluding carboxylic acids is 2. The van der Waals surface area contributed by atoms with Gasteiger partial charge in [0.15, 0.2) is 13.2 Å². The molecule has 0 saturated heterocycles. The SMILES string of the molecule is CC(C)CCNC(=O)COC(=O)COc1ccc(Cl)cc1Cl. The molecule has 1 N–H and O–H groups in total. The van der Waals surface area contributed by atoms with Crippen molar-refractivity contribution < 1.29 is 19.1 Å². The molecule has 0 spiro atoms. The van der Waals surface area contributed by atoms with Gasteiger partial charge in [0.05, 0.1) is 5.02 Å². The van der Waals surface area contributed by atoms with Gasteiger partial charge < -0.3 is 14.8 Å². The van der Waals surface area contributed by atoms with Crippen LogP contribution in [0, 0.1) is 5.92 Å². The maximum Gasteiger partial charge on any atom is 0.344 e. The zero-order valence-corrected chi connectivity index (χ0v) is 14.0. The van der Waals surface area contributed by atoms with Crippen molar-refractivity contribution in [2.45, 2.75) is 20.3 Å². The first-order valence-corrected chi connectivity index (χ1v) is 7.64. The van der Waals surface area contributed by atoms with Gasteiger partial charge in [-0.2, -0.15) is 0 Å². The second-order valence-electron chi connectivity index (χ2n) is 5.06. The Balaban J connectivity index is 2.24. The summed E-state index contributed by atoms with van der Waals surface area (Å²) in [6, 6.07) is 4.65. The van der Waals surface area contributed by atoms with Crippen LogP contribution >= 0.6 is 23.2 Å². The third-order valence-corrected chi connectivity index (χ3v) is 3.18. The summed E-state index contributed by atoms with van der Waals surface area (Å²) in [7, 11) is 0. The van der Waals surface area contributed by atoms with Crippen molar-refractivity contribution in [1.29, 1.82) is 0 Å². The van der Waals surface area contributed by atoms with Crippen molar-refractivity contribution in [2.75, 3.05) is 19.8 Å². The fourth-order valence-electron chi connectivity index (χ4n) is 1.47. The van der Waals surface area contributed by atoms with Gasteiger partial charge in [0.2, 0.25) is 0 Å². The number of esters is 1. The third-order valence-electron chi connectivity index (χ3n) is 2.65. The maximum absolute atomic E-state index is 11.5. The van der Waals surface area contributed by atoms with Crippen molar-refractivity contribution in [1.82, 2.24) is 5.32 Å². The molecule has 122 valence electrons. The first kappa shape index (κ1) is 18.6. The van der Waals surface area contributed by atoms with Crippen molar-refractivity contribution in [3.8, 4) is 5.75 Å². The average Bonchev–Trinajstić information content (AvgIpc) is 2.43. The topological polar surface area (TPSA) is 64.6 Å². The number of carbonyl (C=O) groups is 2. The van der Waals surface area contributed by atoms with Crippen LogP contribution in [0.4, 0.5) is 0 Å². The van der Waals surface area contributed by atoms with Crippen molar-refractivity contribution in [3.63, 3.8) is 0 Å². The lowest BCUT2D eigenvalue weighted by Crippen LogP contribution is -2.31. The number of halogens is 2. The lowest BCUT2D eigenvalue weighted by atomic mass is 10.1. The van der Waals surface area contributed by atoms with E-state index in [0.717, 1.165) is 6.42 Å². The lowest BCUT2D eigenvalue weighted by Gasteiger charge is -2.09. The molecule has 7 heteroatoms. The largest absolute Gasteiger partial charge is 0.480 e. The molecule has 22 heavy (non-hydrogen) atoms. The molecule has 1 aromatic rings. The van der Waals surface area contributed by atoms with E-state index in [1.807, 2.05) is 0 Å². The van der Waals surface area contributed by atoms with Gasteiger partial charge in [0.25, 0.3) is 5.91 Å². The van der Waals surface area contributed by atoms with Gasteiger partial charge in [-0.15, -0.1) is 0 Å². The number of hydrogen-bond acceptors (Lipinski definition) is 4. The van der Waals surface area contributed by atoms with E-state index in [-0.39, 0.29) is 19.1 Å². The Morgan fingerprint density at radius 3 is 2.59 bits per heavy atom. The number of hydrogen-bond donors (Lipinski definition) is 1. The van der Waals surface area contributed by atoms with E-state index in [1.54, 1.807) is 12.1 Å². The van der Waals surface area contributed by atoms with Crippen molar-refractivity contribution in [2.24, 2.45) is 5.92 Å². The number of amides is 1. The summed E-state index contributed by atoms with van der Waals surface area (Å²) in [6.07, 6.45) is 0.873. The standard InChI is InChI=1S/C15H19Cl2NO4/c1-10(2)5-6-18-14(19)8-22-15(20)9-21-13-4-3-11(16)7-12(13)17/h3-4,7,10H,5-6,8-9H2,1-2H3,(H,18,19). The van der Waals surface area contributed by atoms with E-state index in [2.05, 4.69) is 19.2 Å². The summed E-state index contributed by atoms with van der Waals surface area (Å²) in [5.74, 6) is -0.159. The fourth-order valence-corrected chi connectivity index (χ4v) is 1.93. The van der Waals surface area contributed by atoms with Gasteiger partial charge in [0, 0.05) is 11.6 Å². The van der Waals surface area contributed by atoms with Gasteiger partial charge in [-0.25, -0.2) is 4.79 Å². The third kappa shape index (κ3) is 7.52. The van der Waals surface area contributed by atoms with E-state index in [0.29, 0.717) is 28.3 Å². The summed E-state index contributed by atoms with van der Waals surface area (Å²) >= 11 is 11.6. The van der Waals surface area contributed by atoms with Crippen LogP contribution in [-0.4, -0.2) is 31.6 Å². The van der Waals surface area contributed by atoms with Crippen LogP contribution in [0.25, 0.3) is 0 Å². The summed E-state index contributed by atoms with van der Waals surface area (Å²) in [6.45, 7) is 4.02. The van der Waals surface area contributed by atoms with Crippen LogP contribution in [0.5, 0.6) is 5.75 Å². The molecule has 0 radical (unpaired) electrons. The van der Waals surface area contributed by atoms with E-state index < -0.39 is 5.97 Å². The van der Waals surface area contributed by atoms with Crippen LogP contribution < -0.4 is 10.1 Å². The highest BCUT2D eigenvalue weighted by atomic mass is 35.5. The van der Waals surface area contributed by atoms with Crippen LogP contribution in [0.15, 0.2) is 18.2 Å². The molecule has 0 aliphatic carbocycles. The Labute approximate surface area is 139 Å². The lowest BCUT2D eigenvalue weighted by molar-refractivity contribution is -0.150. The number of benzene rings is 1. The highest BCUT2D eigenvalue weighted by Crippen LogP contribution is 2.27. The molecule has 0 fully saturated rings. The quantitative estimate of drug-likeness (QED) is 0.734. The average molecular weight is 348 g/mol. The molecule has 0 saturated carbocycles. The second-order valence-corrected chi connectivity index (χ2v) is 5.90. The molecule has 1 aromatic carbocycles. The second kappa shape index (κ2) is 9.54. The monoisotopic (exact) mass is 347 g/mol. The predicted octanol–water partition coefficient (Wildman–Crippen LogP) is 3.08. The normalized spacial score (nSPS) is 10.4. The highest BCUT2D eigenvalue weighted by molar-refractivity contribution is 6.35. The van der Waals surface area contributed by atoms with Crippen molar-refractivity contribution >= 4 is 35.1 Å². The Morgan fingerprint density at radius 1 is 1.23 bits per heavy atom. The molecule has 0 aliphatic rings. The molecule has 0 aromatic heterocycles. The van der Waals surface area contributed by atoms with E-state index in [4.69, 9.17) is 32.7 Å². The van der Waals surface area contributed by atoms with E-state index >= 15 is 0 Å². The molecule has 1 rings (SSSR count). The molecular formula is C15H19Cl2NO4. The summed E-state index contributed by atoms with van der Waals surface area (Å²) in [4.78, 5) is 22.9. The molecule has 0 atom stereocenters. The minimum Gasteiger partial charge on any atom is -0.480 e. The van der Waals surface area contributed by atoms with Crippen LogP contribution in [0.3, 0.4) is 0 Å². The number of ether oxygens (including phenoxy) is 2. The molecule has 0 heterocycles. The number of rotatable bonds is 8. The molecule has 5 nitrogen and oxygen atoms in total. The van der Waals surface area contributed by atoms with Gasteiger partial charge in [-0.1, -0.05) is 37.0 Å². The minimum atomic E-state index is -0.648. The van der Waals surface area contributed by atoms with Crippen LogP contribution in [0.1, 0.15) is 20.3 Å². The van der Waals surface area contributed by atoms with Gasteiger partial charge in [-0.05, 0) is 30.5 Å². The molecule has 0 unspecified atom stereocenters. The Kier molecular flexibility index (Phi) is 8.06. The number of nitrogens with one attached hydrogen (secondary N) is 1. The van der Waals surface area contributed by atoms with Crippen LogP contribution in [-0.2, 0) is 14.3 Å². The highest BCUT2D eigenvalue weighted by Gasteiger charge is 2.10. The molecular weight excluding hydrogens is 329 g/mol. The summed E-state index contributed by atoms with van der Waals surface area (Å²) in [5, 5.41) is 3.43. The summed E-state index contributed by atoms with van der Waals surface area (Å²) < 4.78 is 10.0. The van der Waals surface area contributed by atoms with Gasteiger partial charge >= 0.3 is 5.97 Å². The summed E-state index contributed by atoms with van der Waals surface area (Å²) in [5.41, 5.74) is 0. The maximum atomic E-state index is 11.5. The van der Waals surface area contributed by atoms with Gasteiger partial charge in [0.1, 0.15) is 5.75 Å². The fraction of sp³-hybridized carbons (Fsp3) is 0.467. The minimum absolute atomic E-state index is 0.298. The van der Waals surface area contributed by atoms with Crippen LogP contribution in [0.2, 0.25) is 10.0 Å². The zero-order chi connectivity index (χ0) is 16.5. The predicted molar refractivity (Wildman–Crippen MR) is 85.4 cm³/mol. The smallest absolute Gasteiger partial charge is 0.344 e. The molecule has 0 bridgehead atoms. The first-order chi connectivity index (χ1) is 10.4. The Morgan fingerprint density at radius 2 is 1.95 bits per heavy atom. The Bertz CT molecular complexity index is 520.